The first-order chi connectivity index (χ1) is 9.53. The maximum Gasteiger partial charge on any atom is 0.271 e. The molecule has 5 nitrogen and oxygen atoms in total. The molecule has 106 valence electrons. The first-order valence-corrected chi connectivity index (χ1v) is 6.63. The number of nitrogens with zero attached hydrogens (tertiary/aromatic N) is 1. The molecule has 1 aromatic heterocycles. The molecule has 0 radical (unpaired) electrons. The molecule has 2 rings (SSSR count). The highest BCUT2D eigenvalue weighted by atomic mass is 16.3. The Morgan fingerprint density at radius 3 is 2.70 bits per heavy atom. The van der Waals surface area contributed by atoms with E-state index in [1.54, 1.807) is 13.0 Å². The van der Waals surface area contributed by atoms with Gasteiger partial charge >= 0.3 is 0 Å². The van der Waals surface area contributed by atoms with Crippen LogP contribution in [-0.2, 0) is 12.0 Å². The van der Waals surface area contributed by atoms with Crippen LogP contribution in [0.4, 0.5) is 0 Å². The van der Waals surface area contributed by atoms with Crippen molar-refractivity contribution in [1.29, 1.82) is 0 Å². The fourth-order valence-electron chi connectivity index (χ4n) is 1.90. The number of aryl methyl sites for hydroxylation is 1. The molecule has 1 unspecified atom stereocenters. The lowest BCUT2D eigenvalue weighted by atomic mass is 9.96. The maximum atomic E-state index is 11.9. The van der Waals surface area contributed by atoms with Gasteiger partial charge in [0.25, 0.3) is 5.91 Å². The summed E-state index contributed by atoms with van der Waals surface area (Å²) in [6.07, 6.45) is 0.794. The number of aliphatic hydroxyl groups is 1. The Labute approximate surface area is 118 Å². The first-order valence-electron chi connectivity index (χ1n) is 6.63. The molecule has 0 saturated heterocycles. The van der Waals surface area contributed by atoms with Crippen molar-refractivity contribution < 1.29 is 9.90 Å². The molecule has 3 N–H and O–H groups in total. The number of H-pyrrole nitrogens is 1. The third-order valence-corrected chi connectivity index (χ3v) is 3.23. The highest BCUT2D eigenvalue weighted by molar-refractivity contribution is 5.92. The molecule has 0 aliphatic heterocycles. The van der Waals surface area contributed by atoms with Crippen molar-refractivity contribution in [3.8, 4) is 0 Å². The van der Waals surface area contributed by atoms with Crippen LogP contribution >= 0.6 is 0 Å². The molecule has 5 heteroatoms. The molecule has 0 aliphatic rings. The molecule has 1 amide bonds. The normalized spacial score (nSPS) is 13.8. The second-order valence-electron chi connectivity index (χ2n) is 4.95. The van der Waals surface area contributed by atoms with E-state index in [0.717, 1.165) is 17.7 Å². The summed E-state index contributed by atoms with van der Waals surface area (Å²) in [5.41, 5.74) is 0.896. The van der Waals surface area contributed by atoms with Crippen LogP contribution < -0.4 is 5.32 Å². The predicted molar refractivity (Wildman–Crippen MR) is 76.3 cm³/mol. The molecule has 0 aliphatic carbocycles. The second-order valence-corrected chi connectivity index (χ2v) is 4.95. The number of hydrogen-bond acceptors (Lipinski definition) is 3. The third kappa shape index (κ3) is 3.24. The van der Waals surface area contributed by atoms with Crippen molar-refractivity contribution in [1.82, 2.24) is 15.5 Å². The van der Waals surface area contributed by atoms with E-state index in [1.807, 2.05) is 37.3 Å². The van der Waals surface area contributed by atoms with Gasteiger partial charge in [-0.3, -0.25) is 9.89 Å². The molecule has 0 fully saturated rings. The number of rotatable bonds is 5. The molecule has 20 heavy (non-hydrogen) atoms. The summed E-state index contributed by atoms with van der Waals surface area (Å²) < 4.78 is 0. The second kappa shape index (κ2) is 5.88. The summed E-state index contributed by atoms with van der Waals surface area (Å²) in [5.74, 6) is -0.294. The van der Waals surface area contributed by atoms with Crippen molar-refractivity contribution in [2.45, 2.75) is 25.9 Å². The molecule has 0 spiro atoms. The van der Waals surface area contributed by atoms with E-state index < -0.39 is 5.60 Å². The zero-order valence-electron chi connectivity index (χ0n) is 11.7. The van der Waals surface area contributed by atoms with Crippen LogP contribution in [0.15, 0.2) is 36.4 Å². The lowest BCUT2D eigenvalue weighted by Gasteiger charge is -2.23. The van der Waals surface area contributed by atoms with Crippen molar-refractivity contribution in [2.24, 2.45) is 0 Å². The fourth-order valence-corrected chi connectivity index (χ4v) is 1.90. The number of amides is 1. The largest absolute Gasteiger partial charge is 0.384 e. The quantitative estimate of drug-likeness (QED) is 0.774. The maximum absolute atomic E-state index is 11.9. The van der Waals surface area contributed by atoms with Gasteiger partial charge in [-0.05, 0) is 25.0 Å². The summed E-state index contributed by atoms with van der Waals surface area (Å²) >= 11 is 0. The van der Waals surface area contributed by atoms with Gasteiger partial charge in [-0.1, -0.05) is 37.3 Å². The van der Waals surface area contributed by atoms with E-state index >= 15 is 0 Å². The summed E-state index contributed by atoms with van der Waals surface area (Å²) in [4.78, 5) is 11.9. The standard InChI is InChI=1S/C15H19N3O2/c1-3-12-9-13(18-17-12)14(19)16-10-15(2,20)11-7-5-4-6-8-11/h4-9,20H,3,10H2,1-2H3,(H,16,19)(H,17,18). The van der Waals surface area contributed by atoms with Crippen molar-refractivity contribution >= 4 is 5.91 Å². The number of aromatic amines is 1. The lowest BCUT2D eigenvalue weighted by Crippen LogP contribution is -2.38. The van der Waals surface area contributed by atoms with Gasteiger partial charge in [-0.15, -0.1) is 0 Å². The first kappa shape index (κ1) is 14.3. The van der Waals surface area contributed by atoms with Gasteiger partial charge in [0.1, 0.15) is 11.3 Å². The van der Waals surface area contributed by atoms with Gasteiger partial charge in [-0.2, -0.15) is 5.10 Å². The smallest absolute Gasteiger partial charge is 0.271 e. The van der Waals surface area contributed by atoms with E-state index in [2.05, 4.69) is 15.5 Å². The van der Waals surface area contributed by atoms with E-state index in [1.165, 1.54) is 0 Å². The van der Waals surface area contributed by atoms with E-state index in [9.17, 15) is 9.90 Å². The van der Waals surface area contributed by atoms with Crippen LogP contribution in [0.1, 0.15) is 35.6 Å². The minimum Gasteiger partial charge on any atom is -0.384 e. The molecule has 1 heterocycles. The SMILES string of the molecule is CCc1cc(C(=O)NCC(C)(O)c2ccccc2)n[nH]1. The van der Waals surface area contributed by atoms with Gasteiger partial charge in [0, 0.05) is 5.69 Å². The Morgan fingerprint density at radius 2 is 2.10 bits per heavy atom. The zero-order valence-corrected chi connectivity index (χ0v) is 11.7. The Morgan fingerprint density at radius 1 is 1.40 bits per heavy atom. The summed E-state index contributed by atoms with van der Waals surface area (Å²) in [6, 6.07) is 11.0. The number of nitrogens with one attached hydrogen (secondary N) is 2. The van der Waals surface area contributed by atoms with E-state index in [4.69, 9.17) is 0 Å². The Bertz CT molecular complexity index is 576. The van der Waals surface area contributed by atoms with Gasteiger partial charge in [0.05, 0.1) is 6.54 Å². The van der Waals surface area contributed by atoms with Crippen molar-refractivity contribution in [3.05, 3.63) is 53.3 Å². The van der Waals surface area contributed by atoms with Gasteiger partial charge < -0.3 is 10.4 Å². The monoisotopic (exact) mass is 273 g/mol. The number of aromatic nitrogens is 2. The van der Waals surface area contributed by atoms with Crippen LogP contribution in [-0.4, -0.2) is 27.8 Å². The number of carbonyl (C=O) groups excluding carboxylic acids is 1. The van der Waals surface area contributed by atoms with Crippen LogP contribution in [0.5, 0.6) is 0 Å². The van der Waals surface area contributed by atoms with Crippen LogP contribution in [0, 0.1) is 0 Å². The highest BCUT2D eigenvalue weighted by Crippen LogP contribution is 2.19. The number of benzene rings is 1. The van der Waals surface area contributed by atoms with Gasteiger partial charge in [0.2, 0.25) is 0 Å². The minimum absolute atomic E-state index is 0.129. The number of hydrogen-bond donors (Lipinski definition) is 3. The topological polar surface area (TPSA) is 78.0 Å². The average molecular weight is 273 g/mol. The Kier molecular flexibility index (Phi) is 4.20. The van der Waals surface area contributed by atoms with Crippen LogP contribution in [0.3, 0.4) is 0 Å². The third-order valence-electron chi connectivity index (χ3n) is 3.23. The van der Waals surface area contributed by atoms with Gasteiger partial charge in [-0.25, -0.2) is 0 Å². The predicted octanol–water partition coefficient (Wildman–Crippen LogP) is 1.61. The van der Waals surface area contributed by atoms with Crippen molar-refractivity contribution in [2.75, 3.05) is 6.54 Å². The molecule has 1 atom stereocenters. The summed E-state index contributed by atoms with van der Waals surface area (Å²) in [6.45, 7) is 3.78. The molecule has 1 aromatic carbocycles. The molecular weight excluding hydrogens is 254 g/mol. The molecule has 0 bridgehead atoms. The van der Waals surface area contributed by atoms with Gasteiger partial charge in [0.15, 0.2) is 0 Å². The Balaban J connectivity index is 1.99. The Hall–Kier alpha value is -2.14. The highest BCUT2D eigenvalue weighted by Gasteiger charge is 2.24. The minimum atomic E-state index is -1.11. The molecular formula is C15H19N3O2. The molecule has 0 saturated carbocycles. The van der Waals surface area contributed by atoms with E-state index in [-0.39, 0.29) is 12.5 Å². The average Bonchev–Trinajstić information content (AvgIpc) is 2.95. The van der Waals surface area contributed by atoms with Crippen molar-refractivity contribution in [3.63, 3.8) is 0 Å². The van der Waals surface area contributed by atoms with Crippen LogP contribution in [0.2, 0.25) is 0 Å². The summed E-state index contributed by atoms with van der Waals surface area (Å²) in [7, 11) is 0. The number of carbonyl (C=O) groups is 1. The zero-order chi connectivity index (χ0) is 14.6. The lowest BCUT2D eigenvalue weighted by molar-refractivity contribution is 0.0525. The summed E-state index contributed by atoms with van der Waals surface area (Å²) in [5, 5.41) is 19.8. The van der Waals surface area contributed by atoms with E-state index in [0.29, 0.717) is 5.69 Å². The van der Waals surface area contributed by atoms with Crippen LogP contribution in [0.25, 0.3) is 0 Å². The fraction of sp³-hybridized carbons (Fsp3) is 0.333. The molecule has 2 aromatic rings.